The molecule has 3 heterocycles. The highest BCUT2D eigenvalue weighted by Crippen LogP contribution is 2.31. The molecule has 1 fully saturated rings. The average molecular weight is 314 g/mol. The van der Waals surface area contributed by atoms with E-state index < -0.39 is 0 Å². The summed E-state index contributed by atoms with van der Waals surface area (Å²) in [6, 6.07) is 0. The van der Waals surface area contributed by atoms with Crippen molar-refractivity contribution in [2.24, 2.45) is 0 Å². The van der Waals surface area contributed by atoms with Crippen LogP contribution in [0, 0.1) is 0 Å². The van der Waals surface area contributed by atoms with E-state index in [0.29, 0.717) is 5.92 Å². The van der Waals surface area contributed by atoms with Gasteiger partial charge in [0.1, 0.15) is 5.82 Å². The summed E-state index contributed by atoms with van der Waals surface area (Å²) in [5, 5.41) is 0. The monoisotopic (exact) mass is 314 g/mol. The molecule has 0 unspecified atom stereocenters. The van der Waals surface area contributed by atoms with Crippen LogP contribution in [0.15, 0.2) is 17.9 Å². The third-order valence-corrected chi connectivity index (χ3v) is 5.63. The van der Waals surface area contributed by atoms with Crippen LogP contribution < -0.4 is 0 Å². The molecule has 0 saturated heterocycles. The van der Waals surface area contributed by atoms with E-state index in [1.54, 1.807) is 11.3 Å². The molecule has 4 nitrogen and oxygen atoms in total. The van der Waals surface area contributed by atoms with Crippen LogP contribution in [-0.4, -0.2) is 26.4 Å². The van der Waals surface area contributed by atoms with E-state index in [1.165, 1.54) is 48.2 Å². The van der Waals surface area contributed by atoms with E-state index >= 15 is 0 Å². The number of hydrogen-bond donors (Lipinski definition) is 0. The number of nitrogens with zero attached hydrogens (tertiary/aromatic N) is 4. The van der Waals surface area contributed by atoms with Crippen LogP contribution >= 0.6 is 11.3 Å². The van der Waals surface area contributed by atoms with Crippen LogP contribution in [0.4, 0.5) is 0 Å². The summed E-state index contributed by atoms with van der Waals surface area (Å²) in [4.78, 5) is 17.6. The third-order valence-electron chi connectivity index (χ3n) is 4.86. The van der Waals surface area contributed by atoms with Crippen molar-refractivity contribution in [1.29, 1.82) is 0 Å². The molecule has 5 heteroatoms. The van der Waals surface area contributed by atoms with Gasteiger partial charge >= 0.3 is 0 Å². The largest absolute Gasteiger partial charge is 0.293 e. The van der Waals surface area contributed by atoms with Crippen molar-refractivity contribution in [3.8, 4) is 0 Å². The van der Waals surface area contributed by atoms with E-state index in [4.69, 9.17) is 9.97 Å². The maximum Gasteiger partial charge on any atom is 0.131 e. The van der Waals surface area contributed by atoms with Gasteiger partial charge in [-0.2, -0.15) is 0 Å². The Kier molecular flexibility index (Phi) is 4.17. The Balaban J connectivity index is 1.46. The Bertz CT molecular complexity index is 620. The molecule has 2 aromatic rings. The highest BCUT2D eigenvalue weighted by atomic mass is 32.1. The van der Waals surface area contributed by atoms with Crippen LogP contribution in [0.5, 0.6) is 0 Å². The lowest BCUT2D eigenvalue weighted by atomic mass is 9.88. The molecule has 0 amide bonds. The smallest absolute Gasteiger partial charge is 0.131 e. The summed E-state index contributed by atoms with van der Waals surface area (Å²) in [7, 11) is 0. The molecule has 0 N–H and O–H groups in total. The fourth-order valence-electron chi connectivity index (χ4n) is 3.62. The molecule has 22 heavy (non-hydrogen) atoms. The molecule has 0 aromatic carbocycles. The van der Waals surface area contributed by atoms with Gasteiger partial charge in [-0.15, -0.1) is 11.3 Å². The van der Waals surface area contributed by atoms with Gasteiger partial charge in [-0.3, -0.25) is 9.88 Å². The van der Waals surface area contributed by atoms with Crippen molar-refractivity contribution >= 4 is 11.3 Å². The van der Waals surface area contributed by atoms with Gasteiger partial charge in [-0.1, -0.05) is 19.3 Å². The lowest BCUT2D eigenvalue weighted by molar-refractivity contribution is 0.244. The number of rotatable bonds is 3. The first-order valence-electron chi connectivity index (χ1n) is 8.33. The SMILES string of the molecule is c1ncc(CN2CCc3nc(C4CCCCC4)ncc3C2)s1. The van der Waals surface area contributed by atoms with Crippen molar-refractivity contribution in [2.75, 3.05) is 6.54 Å². The first-order valence-corrected chi connectivity index (χ1v) is 9.21. The summed E-state index contributed by atoms with van der Waals surface area (Å²) in [5.74, 6) is 1.71. The fourth-order valence-corrected chi connectivity index (χ4v) is 4.26. The van der Waals surface area contributed by atoms with E-state index in [9.17, 15) is 0 Å². The molecule has 2 aliphatic rings. The highest BCUT2D eigenvalue weighted by molar-refractivity contribution is 7.09. The Morgan fingerprint density at radius 2 is 2.09 bits per heavy atom. The van der Waals surface area contributed by atoms with Crippen molar-refractivity contribution < 1.29 is 0 Å². The van der Waals surface area contributed by atoms with Crippen LogP contribution in [0.1, 0.15) is 60.0 Å². The maximum absolute atomic E-state index is 4.92. The molecular weight excluding hydrogens is 292 g/mol. The molecular formula is C17H22N4S. The highest BCUT2D eigenvalue weighted by Gasteiger charge is 2.22. The predicted molar refractivity (Wildman–Crippen MR) is 87.8 cm³/mol. The molecule has 1 aliphatic heterocycles. The van der Waals surface area contributed by atoms with E-state index in [1.807, 2.05) is 11.7 Å². The minimum atomic E-state index is 0.606. The second-order valence-corrected chi connectivity index (χ2v) is 7.43. The fraction of sp³-hybridized carbons (Fsp3) is 0.588. The van der Waals surface area contributed by atoms with Crippen molar-refractivity contribution in [2.45, 2.75) is 57.5 Å². The molecule has 0 bridgehead atoms. The molecule has 116 valence electrons. The standard InChI is InChI=1S/C17H22N4S/c1-2-4-13(5-3-1)17-19-8-14-10-21(7-6-16(14)20-17)11-15-9-18-12-22-15/h8-9,12-13H,1-7,10-11H2. The molecule has 0 atom stereocenters. The summed E-state index contributed by atoms with van der Waals surface area (Å²) in [6.45, 7) is 3.05. The van der Waals surface area contributed by atoms with Gasteiger partial charge in [0, 0.05) is 60.5 Å². The Morgan fingerprint density at radius 1 is 1.18 bits per heavy atom. The van der Waals surface area contributed by atoms with Gasteiger partial charge in [0.05, 0.1) is 5.51 Å². The molecule has 1 saturated carbocycles. The van der Waals surface area contributed by atoms with Crippen LogP contribution in [0.3, 0.4) is 0 Å². The summed E-state index contributed by atoms with van der Waals surface area (Å²) >= 11 is 1.74. The predicted octanol–water partition coefficient (Wildman–Crippen LogP) is 3.54. The van der Waals surface area contributed by atoms with Gasteiger partial charge in [0.25, 0.3) is 0 Å². The second kappa shape index (κ2) is 6.42. The van der Waals surface area contributed by atoms with Gasteiger partial charge in [-0.25, -0.2) is 9.97 Å². The number of thiazole rings is 1. The lowest BCUT2D eigenvalue weighted by Gasteiger charge is -2.28. The second-order valence-electron chi connectivity index (χ2n) is 6.46. The first kappa shape index (κ1) is 14.3. The molecule has 4 rings (SSSR count). The summed E-state index contributed by atoms with van der Waals surface area (Å²) in [5.41, 5.74) is 4.51. The van der Waals surface area contributed by atoms with Gasteiger partial charge < -0.3 is 0 Å². The first-order chi connectivity index (χ1) is 10.9. The Hall–Kier alpha value is -1.33. The van der Waals surface area contributed by atoms with Gasteiger partial charge in [0.2, 0.25) is 0 Å². The van der Waals surface area contributed by atoms with Gasteiger partial charge in [0.15, 0.2) is 0 Å². The number of hydrogen-bond acceptors (Lipinski definition) is 5. The van der Waals surface area contributed by atoms with E-state index in [2.05, 4.69) is 16.1 Å². The zero-order valence-electron chi connectivity index (χ0n) is 12.9. The number of fused-ring (bicyclic) bond motifs is 1. The van der Waals surface area contributed by atoms with Crippen LogP contribution in [0.25, 0.3) is 0 Å². The summed E-state index contributed by atoms with van der Waals surface area (Å²) in [6.07, 6.45) is 11.7. The average Bonchev–Trinajstić information content (AvgIpc) is 3.08. The molecule has 0 spiro atoms. The maximum atomic E-state index is 4.92. The zero-order chi connectivity index (χ0) is 14.8. The molecule has 0 radical (unpaired) electrons. The molecule has 2 aromatic heterocycles. The minimum Gasteiger partial charge on any atom is -0.293 e. The lowest BCUT2D eigenvalue weighted by Crippen LogP contribution is -2.31. The van der Waals surface area contributed by atoms with Gasteiger partial charge in [-0.05, 0) is 12.8 Å². The summed E-state index contributed by atoms with van der Waals surface area (Å²) < 4.78 is 0. The minimum absolute atomic E-state index is 0.606. The van der Waals surface area contributed by atoms with E-state index in [-0.39, 0.29) is 0 Å². The van der Waals surface area contributed by atoms with Crippen molar-refractivity contribution in [3.63, 3.8) is 0 Å². The Labute approximate surface area is 135 Å². The quantitative estimate of drug-likeness (QED) is 0.869. The Morgan fingerprint density at radius 3 is 2.91 bits per heavy atom. The number of aromatic nitrogens is 3. The van der Waals surface area contributed by atoms with E-state index in [0.717, 1.165) is 31.9 Å². The zero-order valence-corrected chi connectivity index (χ0v) is 13.7. The van der Waals surface area contributed by atoms with Crippen LogP contribution in [-0.2, 0) is 19.5 Å². The van der Waals surface area contributed by atoms with Crippen LogP contribution in [0.2, 0.25) is 0 Å². The van der Waals surface area contributed by atoms with Crippen molar-refractivity contribution in [1.82, 2.24) is 19.9 Å². The van der Waals surface area contributed by atoms with Crippen molar-refractivity contribution in [3.05, 3.63) is 39.9 Å². The topological polar surface area (TPSA) is 41.9 Å². The molecule has 1 aliphatic carbocycles. The third kappa shape index (κ3) is 3.06. The normalized spacial score (nSPS) is 20.0.